The lowest BCUT2D eigenvalue weighted by molar-refractivity contribution is 0.856. The SMILES string of the molecule is C1=CC(c2ccccc2)CC=C1c1cc(-c2nc(-c3ccccc3)nc(-c3ccccc3)n2)cc(-c2ccc(-c3ccccc3)cc2)c1-n1c2ccccc2c2ccc3c4ccccc4n(-c4ccccc4)c3c21. The smallest absolute Gasteiger partial charge is 0.164 e. The summed E-state index contributed by atoms with van der Waals surface area (Å²) in [5, 5.41) is 4.77. The maximum atomic E-state index is 5.36. The molecule has 0 saturated heterocycles. The minimum atomic E-state index is 0.247. The van der Waals surface area contributed by atoms with E-state index in [9.17, 15) is 0 Å². The lowest BCUT2D eigenvalue weighted by Crippen LogP contribution is -2.07. The third kappa shape index (κ3) is 7.44. The van der Waals surface area contributed by atoms with E-state index < -0.39 is 0 Å². The van der Waals surface area contributed by atoms with E-state index in [-0.39, 0.29) is 5.92 Å². The maximum absolute atomic E-state index is 5.36. The Morgan fingerprint density at radius 3 is 1.36 bits per heavy atom. The molecule has 14 rings (SSSR count). The summed E-state index contributed by atoms with van der Waals surface area (Å²) in [6.45, 7) is 0. The molecular formula is C69H47N5. The van der Waals surface area contributed by atoms with Crippen molar-refractivity contribution in [3.63, 3.8) is 0 Å². The van der Waals surface area contributed by atoms with Gasteiger partial charge in [-0.15, -0.1) is 0 Å². The van der Waals surface area contributed by atoms with E-state index in [4.69, 9.17) is 15.0 Å². The van der Waals surface area contributed by atoms with Crippen LogP contribution in [0.15, 0.2) is 267 Å². The van der Waals surface area contributed by atoms with Crippen LogP contribution in [0.2, 0.25) is 0 Å². The molecule has 348 valence electrons. The van der Waals surface area contributed by atoms with Gasteiger partial charge in [0, 0.05) is 61.0 Å². The summed E-state index contributed by atoms with van der Waals surface area (Å²) in [4.78, 5) is 15.8. The van der Waals surface area contributed by atoms with E-state index in [1.807, 2.05) is 36.4 Å². The zero-order valence-corrected chi connectivity index (χ0v) is 40.4. The van der Waals surface area contributed by atoms with E-state index in [1.54, 1.807) is 0 Å². The van der Waals surface area contributed by atoms with Crippen LogP contribution in [0.4, 0.5) is 0 Å². The number of nitrogens with zero attached hydrogens (tertiary/aromatic N) is 5. The summed E-state index contributed by atoms with van der Waals surface area (Å²) in [5.41, 5.74) is 17.5. The highest BCUT2D eigenvalue weighted by atomic mass is 15.1. The number of benzene rings is 10. The Morgan fingerprint density at radius 1 is 0.351 bits per heavy atom. The molecular weight excluding hydrogens is 899 g/mol. The van der Waals surface area contributed by atoms with E-state index in [0.717, 1.165) is 84.4 Å². The Bertz CT molecular complexity index is 4230. The molecule has 0 N–H and O–H groups in total. The number of para-hydroxylation sites is 3. The lowest BCUT2D eigenvalue weighted by Gasteiger charge is -2.24. The zero-order chi connectivity index (χ0) is 49.0. The van der Waals surface area contributed by atoms with Crippen LogP contribution in [0.3, 0.4) is 0 Å². The molecule has 3 heterocycles. The third-order valence-corrected chi connectivity index (χ3v) is 14.7. The second-order valence-corrected chi connectivity index (χ2v) is 19.1. The van der Waals surface area contributed by atoms with Crippen molar-refractivity contribution in [3.8, 4) is 67.8 Å². The first-order chi connectivity index (χ1) is 36.7. The van der Waals surface area contributed by atoms with Crippen LogP contribution in [0.25, 0.3) is 117 Å². The molecule has 0 spiro atoms. The van der Waals surface area contributed by atoms with Gasteiger partial charge < -0.3 is 9.13 Å². The van der Waals surface area contributed by atoms with Crippen LogP contribution in [-0.2, 0) is 0 Å². The molecule has 1 aliphatic carbocycles. The van der Waals surface area contributed by atoms with E-state index in [0.29, 0.717) is 17.5 Å². The van der Waals surface area contributed by atoms with Gasteiger partial charge in [0.25, 0.3) is 0 Å². The van der Waals surface area contributed by atoms with Gasteiger partial charge in [0.15, 0.2) is 17.5 Å². The molecule has 5 nitrogen and oxygen atoms in total. The van der Waals surface area contributed by atoms with Crippen LogP contribution in [-0.4, -0.2) is 24.1 Å². The summed E-state index contributed by atoms with van der Waals surface area (Å²) in [5.74, 6) is 2.09. The van der Waals surface area contributed by atoms with Crippen molar-refractivity contribution < 1.29 is 0 Å². The molecule has 1 unspecified atom stereocenters. The van der Waals surface area contributed by atoms with Gasteiger partial charge >= 0.3 is 0 Å². The Labute approximate surface area is 429 Å². The van der Waals surface area contributed by atoms with Crippen LogP contribution in [0.5, 0.6) is 0 Å². The average Bonchev–Trinajstić information content (AvgIpc) is 4.01. The first-order valence-electron chi connectivity index (χ1n) is 25.4. The molecule has 0 aliphatic heterocycles. The molecule has 0 radical (unpaired) electrons. The fourth-order valence-electron chi connectivity index (χ4n) is 11.2. The Hall–Kier alpha value is -9.71. The molecule has 13 aromatic rings. The number of allylic oxidation sites excluding steroid dienone is 4. The van der Waals surface area contributed by atoms with Crippen LogP contribution >= 0.6 is 0 Å². The summed E-state index contributed by atoms with van der Waals surface area (Å²) in [6, 6.07) is 88.9. The predicted molar refractivity (Wildman–Crippen MR) is 307 cm³/mol. The van der Waals surface area contributed by atoms with Gasteiger partial charge in [0.2, 0.25) is 0 Å². The highest BCUT2D eigenvalue weighted by Crippen LogP contribution is 2.47. The van der Waals surface area contributed by atoms with Gasteiger partial charge in [-0.2, -0.15) is 0 Å². The summed E-state index contributed by atoms with van der Waals surface area (Å²) in [7, 11) is 0. The molecule has 5 heteroatoms. The van der Waals surface area contributed by atoms with Crippen LogP contribution in [0.1, 0.15) is 23.5 Å². The van der Waals surface area contributed by atoms with Gasteiger partial charge in [-0.05, 0) is 70.6 Å². The monoisotopic (exact) mass is 945 g/mol. The van der Waals surface area contributed by atoms with Crippen molar-refractivity contribution in [2.75, 3.05) is 0 Å². The quantitative estimate of drug-likeness (QED) is 0.145. The van der Waals surface area contributed by atoms with E-state index in [1.165, 1.54) is 32.7 Å². The third-order valence-electron chi connectivity index (χ3n) is 14.7. The van der Waals surface area contributed by atoms with Gasteiger partial charge in [-0.3, -0.25) is 0 Å². The topological polar surface area (TPSA) is 48.5 Å². The Kier molecular flexibility index (Phi) is 10.6. The normalized spacial score (nSPS) is 13.5. The molecule has 1 aliphatic rings. The van der Waals surface area contributed by atoms with Gasteiger partial charge in [0.05, 0.1) is 27.8 Å². The lowest BCUT2D eigenvalue weighted by atomic mass is 9.85. The second kappa shape index (κ2) is 18.2. The summed E-state index contributed by atoms with van der Waals surface area (Å²) in [6.07, 6.45) is 8.01. The van der Waals surface area contributed by atoms with Crippen molar-refractivity contribution in [1.82, 2.24) is 24.1 Å². The van der Waals surface area contributed by atoms with Gasteiger partial charge in [0.1, 0.15) is 0 Å². The van der Waals surface area contributed by atoms with E-state index in [2.05, 4.69) is 240 Å². The van der Waals surface area contributed by atoms with Crippen LogP contribution < -0.4 is 0 Å². The molecule has 0 bridgehead atoms. The number of hydrogen-bond donors (Lipinski definition) is 0. The first-order valence-corrected chi connectivity index (χ1v) is 25.4. The minimum Gasteiger partial charge on any atom is -0.307 e. The highest BCUT2D eigenvalue weighted by molar-refractivity contribution is 6.24. The van der Waals surface area contributed by atoms with Crippen LogP contribution in [0, 0.1) is 0 Å². The fraction of sp³-hybridized carbons (Fsp3) is 0.0290. The summed E-state index contributed by atoms with van der Waals surface area (Å²) < 4.78 is 5.04. The highest BCUT2D eigenvalue weighted by Gasteiger charge is 2.27. The predicted octanol–water partition coefficient (Wildman–Crippen LogP) is 17.5. The Balaban J connectivity index is 1.12. The van der Waals surface area contributed by atoms with Crippen molar-refractivity contribution in [3.05, 3.63) is 278 Å². The largest absolute Gasteiger partial charge is 0.307 e. The first kappa shape index (κ1) is 43.1. The van der Waals surface area contributed by atoms with E-state index >= 15 is 0 Å². The molecule has 0 amide bonds. The van der Waals surface area contributed by atoms with Crippen molar-refractivity contribution >= 4 is 49.2 Å². The number of aromatic nitrogens is 5. The molecule has 3 aromatic heterocycles. The minimum absolute atomic E-state index is 0.247. The Morgan fingerprint density at radius 2 is 0.797 bits per heavy atom. The number of hydrogen-bond acceptors (Lipinski definition) is 3. The van der Waals surface area contributed by atoms with Gasteiger partial charge in [-0.1, -0.05) is 231 Å². The number of rotatable bonds is 9. The summed E-state index contributed by atoms with van der Waals surface area (Å²) >= 11 is 0. The zero-order valence-electron chi connectivity index (χ0n) is 40.4. The second-order valence-electron chi connectivity index (χ2n) is 19.1. The number of fused-ring (bicyclic) bond motifs is 7. The van der Waals surface area contributed by atoms with Crippen molar-refractivity contribution in [1.29, 1.82) is 0 Å². The molecule has 0 saturated carbocycles. The van der Waals surface area contributed by atoms with Crippen molar-refractivity contribution in [2.45, 2.75) is 12.3 Å². The fourth-order valence-corrected chi connectivity index (χ4v) is 11.2. The maximum Gasteiger partial charge on any atom is 0.164 e. The average molecular weight is 946 g/mol. The molecule has 1 atom stereocenters. The van der Waals surface area contributed by atoms with Crippen molar-refractivity contribution in [2.24, 2.45) is 0 Å². The molecule has 74 heavy (non-hydrogen) atoms. The standard InChI is InChI=1S/C69H47N5/c1-6-20-46(21-7-1)48-34-38-50(39-35-48)60-44-54(69-71-67(52-24-10-3-11-25-52)70-68(72-69)53-26-12-4-13-27-53)45-61(51-40-36-49(37-41-51)47-22-8-2-9-23-47)64(60)74-63-33-19-17-31-57(63)59-43-42-58-56-30-16-18-32-62(56)73(65(58)66(59)74)55-28-14-5-15-29-55/h1-36,38-45,49H,37H2. The molecule has 0 fully saturated rings. The van der Waals surface area contributed by atoms with Gasteiger partial charge in [-0.25, -0.2) is 15.0 Å². The molecule has 10 aromatic carbocycles.